The summed E-state index contributed by atoms with van der Waals surface area (Å²) in [4.78, 5) is 158. The first-order valence-electron chi connectivity index (χ1n) is 28.1. The van der Waals surface area contributed by atoms with Crippen LogP contribution in [0.25, 0.3) is 10.9 Å². The highest BCUT2D eigenvalue weighted by Gasteiger charge is 2.46. The van der Waals surface area contributed by atoms with Gasteiger partial charge in [0.1, 0.15) is 53.1 Å². The molecule has 16 N–H and O–H groups in total. The number of likely N-dealkylation sites (N-methyl/N-ethyl adjacent to an activating group) is 1. The Morgan fingerprint density at radius 3 is 2.08 bits per heavy atom. The van der Waals surface area contributed by atoms with Crippen molar-refractivity contribution in [2.45, 2.75) is 139 Å². The number of carbonyl (C=O) groups is 11. The molecule has 470 valence electrons. The summed E-state index contributed by atoms with van der Waals surface area (Å²) in [7, 11) is -3.39. The van der Waals surface area contributed by atoms with Gasteiger partial charge in [0.25, 0.3) is 0 Å². The second kappa shape index (κ2) is 29.2. The van der Waals surface area contributed by atoms with E-state index in [4.69, 9.17) is 0 Å². The number of fused-ring (bicyclic) bond motifs is 5. The van der Waals surface area contributed by atoms with E-state index >= 15 is 8.42 Å². The molecular weight excluding hydrogens is 1150 g/mol. The van der Waals surface area contributed by atoms with Gasteiger partial charge in [-0.1, -0.05) is 53.2 Å². The smallest absolute Gasteiger partial charge is 0.246 e. The summed E-state index contributed by atoms with van der Waals surface area (Å²) >= 11 is 0. The van der Waals surface area contributed by atoms with E-state index in [9.17, 15) is 73.2 Å². The van der Waals surface area contributed by atoms with Gasteiger partial charge < -0.3 is 88.8 Å². The number of aromatic hydroxyl groups is 1. The van der Waals surface area contributed by atoms with Crippen LogP contribution in [0.15, 0.2) is 47.5 Å². The topological polar surface area (TPSA) is 454 Å². The number of benzene rings is 2. The summed E-state index contributed by atoms with van der Waals surface area (Å²) in [6.07, 6.45) is -5.08. The third kappa shape index (κ3) is 16.8. The summed E-state index contributed by atoms with van der Waals surface area (Å²) in [6, 6.07) is -2.79. The van der Waals surface area contributed by atoms with Gasteiger partial charge in [-0.15, -0.1) is 0 Å². The van der Waals surface area contributed by atoms with Crippen LogP contribution in [0.5, 0.6) is 5.75 Å². The molecule has 0 radical (unpaired) electrons. The Kier molecular flexibility index (Phi) is 22.7. The molecule has 4 heterocycles. The number of sulfone groups is 1. The summed E-state index contributed by atoms with van der Waals surface area (Å²) in [5.74, 6) is -14.7. The van der Waals surface area contributed by atoms with E-state index in [2.05, 4.69) is 63.5 Å². The normalized spacial score (nSPS) is 24.6. The van der Waals surface area contributed by atoms with Crippen molar-refractivity contribution < 1.29 is 81.6 Å². The number of hydrogen-bond acceptors (Lipinski definition) is 18. The average molecular weight is 1220 g/mol. The largest absolute Gasteiger partial charge is 0.508 e. The number of H-pyrrole nitrogens is 1. The molecule has 0 unspecified atom stereocenters. The molecule has 3 aliphatic heterocycles. The molecule has 2 aromatic carbocycles. The van der Waals surface area contributed by atoms with E-state index in [-0.39, 0.29) is 40.6 Å². The maximum Gasteiger partial charge on any atom is 0.246 e. The molecule has 30 nitrogen and oxygen atoms in total. The van der Waals surface area contributed by atoms with Gasteiger partial charge in [0.15, 0.2) is 9.84 Å². The number of anilines is 1. The maximum absolute atomic E-state index is 15.0. The molecule has 0 saturated carbocycles. The Bertz CT molecular complexity index is 3180. The lowest BCUT2D eigenvalue weighted by Gasteiger charge is -2.33. The fourth-order valence-electron chi connectivity index (χ4n) is 10.2. The molecule has 31 heteroatoms. The first-order chi connectivity index (χ1) is 40.5. The van der Waals surface area contributed by atoms with Crippen LogP contribution in [-0.2, 0) is 75.5 Å². The lowest BCUT2D eigenvalue weighted by molar-refractivity contribution is -0.144. The molecule has 2 bridgehead atoms. The SMILES string of the molecule is CC[C@H](C)[C@@H]1NC(=O)CNC(=O)[C@@H]2Cc3c([nH]c4cc(O)ccc34)S(=O)(=O)C[C@H](NC(=O)CNC1=O)C(=O)N[C@@H](CC(=O)NCc1ccc(NC(=O)[C@H](C)NC(=O)[C@@H](NC)C(C)C)cc1)C(=O)N1C[C@H](O)C[C@H]1C(=O)N[C@@H]([C@@H](C)[C@@H](O)CO)C(=O)N2. The zero-order chi connectivity index (χ0) is 63.5. The number of aromatic nitrogens is 1. The molecule has 6 rings (SSSR count). The van der Waals surface area contributed by atoms with Gasteiger partial charge in [0.05, 0.1) is 55.6 Å². The first-order valence-corrected chi connectivity index (χ1v) is 29.7. The third-order valence-electron chi connectivity index (χ3n) is 15.4. The number of phenols is 1. The molecule has 1 aromatic heterocycles. The highest BCUT2D eigenvalue weighted by molar-refractivity contribution is 7.91. The number of amides is 11. The van der Waals surface area contributed by atoms with E-state index in [0.29, 0.717) is 17.7 Å². The van der Waals surface area contributed by atoms with Crippen molar-refractivity contribution in [2.75, 3.05) is 44.4 Å². The number of aromatic amines is 1. The zero-order valence-electron chi connectivity index (χ0n) is 48.6. The van der Waals surface area contributed by atoms with E-state index in [1.807, 2.05) is 13.8 Å². The van der Waals surface area contributed by atoms with Crippen molar-refractivity contribution >= 4 is 91.4 Å². The highest BCUT2D eigenvalue weighted by atomic mass is 32.2. The number of carbonyl (C=O) groups excluding carboxylic acids is 11. The fourth-order valence-corrected chi connectivity index (χ4v) is 11.9. The van der Waals surface area contributed by atoms with Gasteiger partial charge in [0.2, 0.25) is 65.0 Å². The van der Waals surface area contributed by atoms with Crippen molar-refractivity contribution in [3.63, 3.8) is 0 Å². The van der Waals surface area contributed by atoms with Crippen LogP contribution in [0.1, 0.15) is 71.9 Å². The number of hydrogen-bond donors (Lipinski definition) is 16. The minimum Gasteiger partial charge on any atom is -0.508 e. The van der Waals surface area contributed by atoms with Gasteiger partial charge in [-0.3, -0.25) is 52.7 Å². The number of nitrogens with one attached hydrogen (secondary N) is 12. The first kappa shape index (κ1) is 66.9. The molecular formula is C55H77N13O17S. The van der Waals surface area contributed by atoms with Crippen LogP contribution in [0.4, 0.5) is 5.69 Å². The standard InChI is InChI=1S/C55H77N13O17S/c1-8-26(4)45-51(80)59-20-42(74)62-38-24-86(84,85)54-34(33-14-13-31(70)15-35(33)65-54)17-36(48(77)58-21-43(75)66-45)63-53(82)46(27(5)40(72)23-69)67-50(79)39-16-32(71)22-68(39)55(83)37(64-49(38)78)18-41(73)57-19-29-9-11-30(12-10-29)61-47(76)28(6)60-52(81)44(56-7)25(2)3/h9-15,25-28,32,36-40,44-46,56,65,69-72H,8,16-24H2,1-7H3,(H,57,73)(H,58,77)(H,59,80)(H,60,81)(H,61,76)(H,62,74)(H,63,82)(H,64,78)(H,66,75)(H,67,79)/t26-,27-,28-,32+,36-,37-,38-,39-,40-,44-,45-,46-/m0/s1. The van der Waals surface area contributed by atoms with Crippen molar-refractivity contribution in [2.24, 2.45) is 17.8 Å². The van der Waals surface area contributed by atoms with E-state index in [0.717, 1.165) is 11.0 Å². The van der Waals surface area contributed by atoms with Crippen LogP contribution in [0.2, 0.25) is 0 Å². The average Bonchev–Trinajstić information content (AvgIpc) is 1.67. The Hall–Kier alpha value is -8.26. The minimum absolute atomic E-state index is 0.0457. The molecule has 0 aliphatic carbocycles. The van der Waals surface area contributed by atoms with Gasteiger partial charge in [-0.2, -0.15) is 0 Å². The van der Waals surface area contributed by atoms with Crippen molar-refractivity contribution in [3.8, 4) is 5.75 Å². The monoisotopic (exact) mass is 1220 g/mol. The van der Waals surface area contributed by atoms with E-state index in [1.165, 1.54) is 38.1 Å². The summed E-state index contributed by atoms with van der Waals surface area (Å²) in [5.41, 5.74) is 0.493. The quantitative estimate of drug-likeness (QED) is 0.0680. The number of nitrogens with zero attached hydrogens (tertiary/aromatic N) is 1. The summed E-state index contributed by atoms with van der Waals surface area (Å²) in [6.45, 7) is 6.23. The van der Waals surface area contributed by atoms with Gasteiger partial charge in [-0.05, 0) is 61.2 Å². The Balaban J connectivity index is 1.42. The second-order valence-corrected chi connectivity index (χ2v) is 24.1. The highest BCUT2D eigenvalue weighted by Crippen LogP contribution is 2.31. The molecule has 1 fully saturated rings. The van der Waals surface area contributed by atoms with Crippen LogP contribution in [0, 0.1) is 17.8 Å². The van der Waals surface area contributed by atoms with Gasteiger partial charge >= 0.3 is 0 Å². The van der Waals surface area contributed by atoms with Crippen molar-refractivity contribution in [1.82, 2.24) is 63.1 Å². The van der Waals surface area contributed by atoms with Gasteiger partial charge in [0, 0.05) is 49.0 Å². The molecule has 1 saturated heterocycles. The Morgan fingerprint density at radius 1 is 0.779 bits per heavy atom. The fraction of sp³-hybridized carbons (Fsp3) is 0.545. The predicted octanol–water partition coefficient (Wildman–Crippen LogP) is -4.74. The molecule has 3 aliphatic rings. The number of aliphatic hydroxyl groups excluding tert-OH is 3. The van der Waals surface area contributed by atoms with Gasteiger partial charge in [-0.25, -0.2) is 8.42 Å². The Morgan fingerprint density at radius 2 is 1.44 bits per heavy atom. The van der Waals surface area contributed by atoms with Crippen LogP contribution < -0.4 is 58.5 Å². The van der Waals surface area contributed by atoms with Crippen LogP contribution >= 0.6 is 0 Å². The molecule has 86 heavy (non-hydrogen) atoms. The van der Waals surface area contributed by atoms with E-state index in [1.54, 1.807) is 33.0 Å². The van der Waals surface area contributed by atoms with E-state index < -0.39 is 198 Å². The lowest BCUT2D eigenvalue weighted by atomic mass is 9.93. The molecule has 3 aromatic rings. The third-order valence-corrected chi connectivity index (χ3v) is 17.1. The summed E-state index contributed by atoms with van der Waals surface area (Å²) < 4.78 is 30.1. The van der Waals surface area contributed by atoms with Crippen LogP contribution in [-0.4, -0.2) is 203 Å². The van der Waals surface area contributed by atoms with Crippen LogP contribution in [0.3, 0.4) is 0 Å². The minimum atomic E-state index is -5.02. The molecule has 0 spiro atoms. The second-order valence-electron chi connectivity index (χ2n) is 22.2. The summed E-state index contributed by atoms with van der Waals surface area (Å²) in [5, 5.41) is 69.6. The number of rotatable bonds is 15. The molecule has 11 amide bonds. The number of phenolic OH excluding ortho intramolecular Hbond substituents is 1. The zero-order valence-corrected chi connectivity index (χ0v) is 49.4. The maximum atomic E-state index is 15.0. The predicted molar refractivity (Wildman–Crippen MR) is 306 cm³/mol. The van der Waals surface area contributed by atoms with Crippen molar-refractivity contribution in [3.05, 3.63) is 53.6 Å². The lowest BCUT2D eigenvalue weighted by Crippen LogP contribution is -2.62. The Labute approximate surface area is 495 Å². The molecule has 12 atom stereocenters. The van der Waals surface area contributed by atoms with Crippen molar-refractivity contribution in [1.29, 1.82) is 0 Å². The number of aliphatic hydroxyl groups is 3.